The van der Waals surface area contributed by atoms with Crippen molar-refractivity contribution in [3.05, 3.63) is 71.8 Å². The summed E-state index contributed by atoms with van der Waals surface area (Å²) < 4.78 is 0. The van der Waals surface area contributed by atoms with E-state index >= 15 is 0 Å². The molecule has 17 nitrogen and oxygen atoms in total. The number of benzene rings is 2. The molecule has 2 rings (SSSR count). The Morgan fingerprint density at radius 1 is 0.630 bits per heavy atom. The molecule has 18 heteroatoms. The summed E-state index contributed by atoms with van der Waals surface area (Å²) in [6, 6.07) is 11.3. The first-order valence-electron chi connectivity index (χ1n) is 17.5. The fourth-order valence-electron chi connectivity index (χ4n) is 5.24. The number of nitrogens with one attached hydrogen (secondary N) is 4. The molecule has 1 unspecified atom stereocenters. The van der Waals surface area contributed by atoms with Gasteiger partial charge in [0.25, 0.3) is 0 Å². The van der Waals surface area contributed by atoms with Crippen molar-refractivity contribution in [1.82, 2.24) is 21.3 Å². The quantitative estimate of drug-likeness (QED) is 0.0501. The number of carboxylic acid groups (broad SMARTS) is 2. The predicted molar refractivity (Wildman–Crippen MR) is 203 cm³/mol. The molecule has 2 aromatic carbocycles. The maximum absolute atomic E-state index is 13.7. The standard InChI is InChI=1S/C36H52N8O9S/c37-16-8-7-13-26(33(49)42-27(36(52)53)14-15-30(40)45)41-34(50)28(19-31(46)47)43-35(51)29(21-54-20-24(38)17-22-9-3-1-4-10-22)44-32(48)25(39)18-23-11-5-2-6-12-23/h1-6,9-12,24-29H,7-8,13-21,37-39H2,(H2,40,45)(H,41,50)(H,42,49)(H,43,51)(H,44,48)(H,46,47)(H,52,53)/t24?,25-,26-,27-,28-,29-/m0/s1. The van der Waals surface area contributed by atoms with E-state index in [-0.39, 0.29) is 44.0 Å². The third kappa shape index (κ3) is 17.7. The molecule has 54 heavy (non-hydrogen) atoms. The zero-order chi connectivity index (χ0) is 40.0. The molecule has 0 aliphatic heterocycles. The molecule has 0 saturated carbocycles. The molecule has 5 amide bonds. The summed E-state index contributed by atoms with van der Waals surface area (Å²) in [6.07, 6.45) is -0.0620. The molecule has 296 valence electrons. The lowest BCUT2D eigenvalue weighted by Gasteiger charge is -2.26. The molecule has 0 saturated heterocycles. The predicted octanol–water partition coefficient (Wildman–Crippen LogP) is -1.25. The van der Waals surface area contributed by atoms with E-state index in [1.54, 1.807) is 24.3 Å². The maximum atomic E-state index is 13.7. The lowest BCUT2D eigenvalue weighted by atomic mass is 10.0. The lowest BCUT2D eigenvalue weighted by molar-refractivity contribution is -0.143. The molecule has 0 aliphatic carbocycles. The number of hydrogen-bond donors (Lipinski definition) is 10. The van der Waals surface area contributed by atoms with Gasteiger partial charge in [0, 0.05) is 24.0 Å². The van der Waals surface area contributed by atoms with Crippen LogP contribution in [0.1, 0.15) is 49.7 Å². The molecule has 0 heterocycles. The summed E-state index contributed by atoms with van der Waals surface area (Å²) in [5.74, 6) is -6.81. The molecule has 0 bridgehead atoms. The van der Waals surface area contributed by atoms with Gasteiger partial charge in [-0.15, -0.1) is 0 Å². The second-order valence-electron chi connectivity index (χ2n) is 12.8. The van der Waals surface area contributed by atoms with E-state index in [4.69, 9.17) is 22.9 Å². The van der Waals surface area contributed by atoms with Gasteiger partial charge in [-0.25, -0.2) is 4.79 Å². The van der Waals surface area contributed by atoms with Crippen molar-refractivity contribution < 1.29 is 43.8 Å². The second-order valence-corrected chi connectivity index (χ2v) is 13.8. The topological polar surface area (TPSA) is 312 Å². The van der Waals surface area contributed by atoms with E-state index in [9.17, 15) is 43.8 Å². The number of carboxylic acids is 2. The smallest absolute Gasteiger partial charge is 0.326 e. The summed E-state index contributed by atoms with van der Waals surface area (Å²) in [5, 5.41) is 28.9. The summed E-state index contributed by atoms with van der Waals surface area (Å²) in [4.78, 5) is 88.5. The first-order valence-corrected chi connectivity index (χ1v) is 18.7. The first-order chi connectivity index (χ1) is 25.7. The van der Waals surface area contributed by atoms with Gasteiger partial charge in [-0.2, -0.15) is 11.8 Å². The van der Waals surface area contributed by atoms with E-state index in [1.807, 2.05) is 36.4 Å². The Morgan fingerprint density at radius 3 is 1.70 bits per heavy atom. The normalized spacial score (nSPS) is 14.3. The average molecular weight is 773 g/mol. The Kier molecular flexibility index (Phi) is 20.3. The molecule has 0 spiro atoms. The van der Waals surface area contributed by atoms with Crippen LogP contribution in [0.5, 0.6) is 0 Å². The van der Waals surface area contributed by atoms with E-state index in [1.165, 1.54) is 11.8 Å². The van der Waals surface area contributed by atoms with Crippen LogP contribution in [0.15, 0.2) is 60.7 Å². The molecular weight excluding hydrogens is 721 g/mol. The summed E-state index contributed by atoms with van der Waals surface area (Å²) in [5.41, 5.74) is 25.0. The Bertz CT molecular complexity index is 1540. The van der Waals surface area contributed by atoms with Gasteiger partial charge in [0.15, 0.2) is 0 Å². The Hall–Kier alpha value is -5.04. The highest BCUT2D eigenvalue weighted by Gasteiger charge is 2.33. The lowest BCUT2D eigenvalue weighted by Crippen LogP contribution is -2.59. The Morgan fingerprint density at radius 2 is 1.15 bits per heavy atom. The van der Waals surface area contributed by atoms with E-state index < -0.39 is 78.1 Å². The fourth-order valence-corrected chi connectivity index (χ4v) is 6.27. The van der Waals surface area contributed by atoms with Gasteiger partial charge in [0.1, 0.15) is 24.2 Å². The highest BCUT2D eigenvalue weighted by molar-refractivity contribution is 7.99. The van der Waals surface area contributed by atoms with Gasteiger partial charge in [-0.3, -0.25) is 28.8 Å². The van der Waals surface area contributed by atoms with E-state index in [0.29, 0.717) is 25.0 Å². The van der Waals surface area contributed by atoms with Gasteiger partial charge < -0.3 is 54.4 Å². The fraction of sp³-hybridized carbons (Fsp3) is 0.472. The third-order valence-corrected chi connectivity index (χ3v) is 9.34. The van der Waals surface area contributed by atoms with E-state index in [2.05, 4.69) is 21.3 Å². The second kappa shape index (κ2) is 24.3. The Labute approximate surface area is 318 Å². The largest absolute Gasteiger partial charge is 0.481 e. The number of primary amides is 1. The maximum Gasteiger partial charge on any atom is 0.326 e. The van der Waals surface area contributed by atoms with Crippen LogP contribution in [0.2, 0.25) is 0 Å². The highest BCUT2D eigenvalue weighted by Crippen LogP contribution is 2.12. The minimum Gasteiger partial charge on any atom is -0.481 e. The van der Waals surface area contributed by atoms with Gasteiger partial charge in [-0.1, -0.05) is 60.7 Å². The minimum absolute atomic E-state index is 0.00840. The Balaban J connectivity index is 2.25. The van der Waals surface area contributed by atoms with Gasteiger partial charge in [-0.05, 0) is 56.2 Å². The van der Waals surface area contributed by atoms with Crippen molar-refractivity contribution in [3.8, 4) is 0 Å². The van der Waals surface area contributed by atoms with Gasteiger partial charge in [0.05, 0.1) is 12.5 Å². The zero-order valence-electron chi connectivity index (χ0n) is 30.0. The van der Waals surface area contributed by atoms with Crippen LogP contribution in [0, 0.1) is 0 Å². The number of aliphatic carboxylic acids is 2. The molecule has 14 N–H and O–H groups in total. The average Bonchev–Trinajstić information content (AvgIpc) is 3.12. The molecule has 0 aliphatic rings. The van der Waals surface area contributed by atoms with Crippen LogP contribution in [0.4, 0.5) is 0 Å². The van der Waals surface area contributed by atoms with Crippen LogP contribution < -0.4 is 44.2 Å². The number of unbranched alkanes of at least 4 members (excludes halogenated alkanes) is 1. The molecule has 0 aromatic heterocycles. The van der Waals surface area contributed by atoms with Gasteiger partial charge in [0.2, 0.25) is 29.5 Å². The minimum atomic E-state index is -1.72. The molecule has 6 atom stereocenters. The molecular formula is C36H52N8O9S. The number of rotatable bonds is 26. The third-order valence-electron chi connectivity index (χ3n) is 8.11. The van der Waals surface area contributed by atoms with Crippen molar-refractivity contribution in [2.75, 3.05) is 18.1 Å². The number of nitrogens with two attached hydrogens (primary N) is 4. The van der Waals surface area contributed by atoms with Crippen molar-refractivity contribution in [2.45, 2.75) is 87.6 Å². The van der Waals surface area contributed by atoms with Crippen LogP contribution in [-0.2, 0) is 46.4 Å². The van der Waals surface area contributed by atoms with Crippen molar-refractivity contribution in [1.29, 1.82) is 0 Å². The zero-order valence-corrected chi connectivity index (χ0v) is 30.8. The van der Waals surface area contributed by atoms with Crippen LogP contribution in [0.25, 0.3) is 0 Å². The van der Waals surface area contributed by atoms with E-state index in [0.717, 1.165) is 11.1 Å². The van der Waals surface area contributed by atoms with Crippen molar-refractivity contribution >= 4 is 53.2 Å². The molecule has 0 radical (unpaired) electrons. The van der Waals surface area contributed by atoms with Crippen LogP contribution in [-0.4, -0.2) is 106 Å². The number of hydrogen-bond acceptors (Lipinski definition) is 11. The first kappa shape index (κ1) is 45.1. The number of carbonyl (C=O) groups is 7. The summed E-state index contributed by atoms with van der Waals surface area (Å²) in [7, 11) is 0. The number of amides is 5. The number of carbonyl (C=O) groups excluding carboxylic acids is 5. The van der Waals surface area contributed by atoms with Crippen molar-refractivity contribution in [3.63, 3.8) is 0 Å². The SMILES string of the molecule is NCCCC[C@H](NC(=O)[C@H](CC(=O)O)NC(=O)[C@H](CSCC(N)Cc1ccccc1)NC(=O)[C@@H](N)Cc1ccccc1)C(=O)N[C@@H](CCC(N)=O)C(=O)O. The summed E-state index contributed by atoms with van der Waals surface area (Å²) in [6.45, 7) is 0.258. The molecule has 0 fully saturated rings. The monoisotopic (exact) mass is 772 g/mol. The summed E-state index contributed by atoms with van der Waals surface area (Å²) >= 11 is 1.27. The van der Waals surface area contributed by atoms with Crippen LogP contribution in [0.3, 0.4) is 0 Å². The van der Waals surface area contributed by atoms with Crippen molar-refractivity contribution in [2.24, 2.45) is 22.9 Å². The molecule has 2 aromatic rings. The van der Waals surface area contributed by atoms with Crippen LogP contribution >= 0.6 is 11.8 Å². The number of thioether (sulfide) groups is 1. The van der Waals surface area contributed by atoms with Gasteiger partial charge >= 0.3 is 11.9 Å². The highest BCUT2D eigenvalue weighted by atomic mass is 32.2.